The minimum atomic E-state index is -3.56. The number of nitrogens with zero attached hydrogens (tertiary/aromatic N) is 1. The van der Waals surface area contributed by atoms with Gasteiger partial charge in [0.1, 0.15) is 11.6 Å². The van der Waals surface area contributed by atoms with Crippen LogP contribution in [0, 0.1) is 18.6 Å². The topological polar surface area (TPSA) is 88.4 Å². The Morgan fingerprint density at radius 2 is 1.93 bits per heavy atom. The summed E-state index contributed by atoms with van der Waals surface area (Å²) in [4.78, 5) is 12.3. The normalized spacial score (nSPS) is 14.1. The Labute approximate surface area is 156 Å². The Bertz CT molecular complexity index is 1000. The van der Waals surface area contributed by atoms with Crippen LogP contribution in [-0.2, 0) is 16.4 Å². The number of sulfone groups is 1. The van der Waals surface area contributed by atoms with Crippen LogP contribution >= 0.6 is 0 Å². The average Bonchev–Trinajstić information content (AvgIpc) is 2.57. The highest BCUT2D eigenvalue weighted by Gasteiger charge is 2.35. The summed E-state index contributed by atoms with van der Waals surface area (Å²) in [6, 6.07) is 5.49. The van der Waals surface area contributed by atoms with Crippen molar-refractivity contribution in [3.8, 4) is 11.1 Å². The second-order valence-corrected chi connectivity index (χ2v) is 9.34. The molecule has 148 valence electrons. The van der Waals surface area contributed by atoms with Crippen molar-refractivity contribution in [2.75, 3.05) is 12.8 Å². The number of hydrogen-bond donors (Lipinski definition) is 2. The van der Waals surface area contributed by atoms with E-state index in [4.69, 9.17) is 5.21 Å². The highest BCUT2D eigenvalue weighted by Crippen LogP contribution is 2.26. The Kier molecular flexibility index (Phi) is 6.18. The predicted octanol–water partition coefficient (Wildman–Crippen LogP) is 2.27. The Hall–Kier alpha value is -2.10. The molecule has 27 heavy (non-hydrogen) atoms. The third-order valence-corrected chi connectivity index (χ3v) is 6.93. The van der Waals surface area contributed by atoms with Crippen LogP contribution in [0.5, 0.6) is 0 Å². The van der Waals surface area contributed by atoms with Gasteiger partial charge in [-0.2, -0.15) is 0 Å². The first-order valence-electron chi connectivity index (χ1n) is 8.22. The van der Waals surface area contributed by atoms with Crippen LogP contribution in [0.2, 0.25) is 0 Å². The van der Waals surface area contributed by atoms with Crippen molar-refractivity contribution < 1.29 is 22.4 Å². The molecule has 0 bridgehead atoms. The lowest BCUT2D eigenvalue weighted by molar-refractivity contribution is 0.153. The number of pyridine rings is 1. The maximum Gasteiger partial charge on any atom is 0.251 e. The van der Waals surface area contributed by atoms with Crippen LogP contribution in [-0.4, -0.2) is 35.7 Å². The highest BCUT2D eigenvalue weighted by atomic mass is 32.2. The Balaban J connectivity index is 2.38. The van der Waals surface area contributed by atoms with Crippen molar-refractivity contribution >= 4 is 9.84 Å². The Morgan fingerprint density at radius 1 is 1.26 bits per heavy atom. The zero-order valence-corrected chi connectivity index (χ0v) is 16.1. The standard InChI is InChI=1S/C18H22F2N2O4S/c1-12-5-4-6-13(17(12)20)14-9-16(23)22(10-15(14)19)8-7-18(2,11-21-24)27(3,25)26/h4-6,9-10,21,24H,7-8,11H2,1-3H3/t18-/m1/s1. The van der Waals surface area contributed by atoms with Gasteiger partial charge in [-0.1, -0.05) is 18.2 Å². The molecule has 0 spiro atoms. The lowest BCUT2D eigenvalue weighted by atomic mass is 10.0. The maximum absolute atomic E-state index is 14.5. The van der Waals surface area contributed by atoms with Gasteiger partial charge in [-0.3, -0.25) is 4.79 Å². The van der Waals surface area contributed by atoms with Gasteiger partial charge in [0.05, 0.1) is 4.75 Å². The molecule has 0 aliphatic carbocycles. The first kappa shape index (κ1) is 21.2. The van der Waals surface area contributed by atoms with Crippen molar-refractivity contribution in [3.05, 3.63) is 58.0 Å². The fourth-order valence-electron chi connectivity index (χ4n) is 2.71. The van der Waals surface area contributed by atoms with Crippen LogP contribution in [0.4, 0.5) is 8.78 Å². The molecule has 0 saturated carbocycles. The molecule has 0 saturated heterocycles. The molecule has 0 amide bonds. The fourth-order valence-corrected chi connectivity index (χ4v) is 3.50. The third kappa shape index (κ3) is 4.42. The van der Waals surface area contributed by atoms with Gasteiger partial charge in [0.25, 0.3) is 5.56 Å². The third-order valence-electron chi connectivity index (χ3n) is 4.79. The van der Waals surface area contributed by atoms with Gasteiger partial charge in [0, 0.05) is 42.7 Å². The number of nitrogens with one attached hydrogen (secondary N) is 1. The molecule has 1 atom stereocenters. The van der Waals surface area contributed by atoms with E-state index in [0.717, 1.165) is 23.1 Å². The van der Waals surface area contributed by atoms with Gasteiger partial charge < -0.3 is 9.77 Å². The summed E-state index contributed by atoms with van der Waals surface area (Å²) in [6.45, 7) is 2.63. The number of halogens is 2. The van der Waals surface area contributed by atoms with E-state index in [-0.39, 0.29) is 30.6 Å². The van der Waals surface area contributed by atoms with Crippen LogP contribution < -0.4 is 11.0 Å². The lowest BCUT2D eigenvalue weighted by Gasteiger charge is -2.27. The smallest absolute Gasteiger partial charge is 0.251 e. The summed E-state index contributed by atoms with van der Waals surface area (Å²) in [5.74, 6) is -1.40. The monoisotopic (exact) mass is 400 g/mol. The molecule has 0 aliphatic rings. The number of aromatic nitrogens is 1. The van der Waals surface area contributed by atoms with Crippen LogP contribution in [0.25, 0.3) is 11.1 Å². The van der Waals surface area contributed by atoms with Gasteiger partial charge in [-0.25, -0.2) is 22.7 Å². The first-order valence-corrected chi connectivity index (χ1v) is 10.1. The summed E-state index contributed by atoms with van der Waals surface area (Å²) in [5, 5.41) is 8.89. The summed E-state index contributed by atoms with van der Waals surface area (Å²) in [5.41, 5.74) is 1.42. The minimum Gasteiger partial charge on any atom is -0.317 e. The molecule has 0 unspecified atom stereocenters. The molecule has 0 radical (unpaired) electrons. The number of benzene rings is 1. The van der Waals surface area contributed by atoms with Gasteiger partial charge in [0.2, 0.25) is 0 Å². The van der Waals surface area contributed by atoms with Gasteiger partial charge >= 0.3 is 0 Å². The van der Waals surface area contributed by atoms with Crippen LogP contribution in [0.3, 0.4) is 0 Å². The minimum absolute atomic E-state index is 0.0118. The van der Waals surface area contributed by atoms with E-state index in [1.165, 1.54) is 13.0 Å². The fraction of sp³-hybridized carbons (Fsp3) is 0.389. The number of aryl methyl sites for hydroxylation is 2. The van der Waals surface area contributed by atoms with E-state index in [9.17, 15) is 22.0 Å². The van der Waals surface area contributed by atoms with Crippen molar-refractivity contribution in [1.82, 2.24) is 10.0 Å². The summed E-state index contributed by atoms with van der Waals surface area (Å²) >= 11 is 0. The summed E-state index contributed by atoms with van der Waals surface area (Å²) in [6.07, 6.45) is 1.93. The van der Waals surface area contributed by atoms with Crippen LogP contribution in [0.15, 0.2) is 35.3 Å². The van der Waals surface area contributed by atoms with Gasteiger partial charge in [-0.05, 0) is 25.8 Å². The zero-order valence-electron chi connectivity index (χ0n) is 15.3. The molecule has 9 heteroatoms. The van der Waals surface area contributed by atoms with Crippen LogP contribution in [0.1, 0.15) is 18.9 Å². The van der Waals surface area contributed by atoms with Crippen molar-refractivity contribution in [2.45, 2.75) is 31.6 Å². The van der Waals surface area contributed by atoms with Gasteiger partial charge in [0.15, 0.2) is 9.84 Å². The second kappa shape index (κ2) is 7.87. The predicted molar refractivity (Wildman–Crippen MR) is 98.4 cm³/mol. The van der Waals surface area contributed by atoms with E-state index in [0.29, 0.717) is 5.56 Å². The molecular formula is C18H22F2N2O4S. The van der Waals surface area contributed by atoms with Crippen molar-refractivity contribution in [2.24, 2.45) is 0 Å². The van der Waals surface area contributed by atoms with E-state index >= 15 is 0 Å². The average molecular weight is 400 g/mol. The van der Waals surface area contributed by atoms with E-state index in [2.05, 4.69) is 0 Å². The summed E-state index contributed by atoms with van der Waals surface area (Å²) in [7, 11) is -3.56. The highest BCUT2D eigenvalue weighted by molar-refractivity contribution is 7.92. The number of hydrogen-bond acceptors (Lipinski definition) is 5. The van der Waals surface area contributed by atoms with E-state index in [1.54, 1.807) is 19.1 Å². The number of hydroxylamine groups is 1. The molecule has 1 heterocycles. The second-order valence-electron chi connectivity index (χ2n) is 6.81. The Morgan fingerprint density at radius 3 is 2.52 bits per heavy atom. The maximum atomic E-state index is 14.5. The quantitative estimate of drug-likeness (QED) is 0.696. The first-order chi connectivity index (χ1) is 12.5. The van der Waals surface area contributed by atoms with E-state index in [1.807, 2.05) is 5.48 Å². The zero-order chi connectivity index (χ0) is 20.4. The van der Waals surface area contributed by atoms with Crippen molar-refractivity contribution in [3.63, 3.8) is 0 Å². The summed E-state index contributed by atoms with van der Waals surface area (Å²) < 4.78 is 52.4. The lowest BCUT2D eigenvalue weighted by Crippen LogP contribution is -2.44. The molecule has 2 aromatic rings. The van der Waals surface area contributed by atoms with E-state index < -0.39 is 31.8 Å². The largest absolute Gasteiger partial charge is 0.317 e. The molecule has 0 aliphatic heterocycles. The molecule has 2 N–H and O–H groups in total. The molecule has 1 aromatic heterocycles. The molecule has 1 aromatic carbocycles. The molecular weight excluding hydrogens is 378 g/mol. The molecule has 6 nitrogen and oxygen atoms in total. The SMILES string of the molecule is Cc1cccc(-c2cc(=O)n(CC[C@](C)(CNO)S(C)(=O)=O)cc2F)c1F. The number of rotatable bonds is 7. The van der Waals surface area contributed by atoms with Gasteiger partial charge in [-0.15, -0.1) is 0 Å². The molecule has 0 fully saturated rings. The van der Waals surface area contributed by atoms with Crippen molar-refractivity contribution in [1.29, 1.82) is 0 Å². The molecule has 2 rings (SSSR count).